The van der Waals surface area contributed by atoms with E-state index in [1.165, 1.54) is 24.3 Å². The van der Waals surface area contributed by atoms with Crippen LogP contribution in [0.1, 0.15) is 12.5 Å². The Bertz CT molecular complexity index is 1150. The first-order valence-electron chi connectivity index (χ1n) is 9.37. The Labute approximate surface area is 177 Å². The average Bonchev–Trinajstić information content (AvgIpc) is 2.77. The van der Waals surface area contributed by atoms with Crippen molar-refractivity contribution >= 4 is 40.2 Å². The molecule has 9 heteroatoms. The van der Waals surface area contributed by atoms with Gasteiger partial charge in [0.25, 0.3) is 11.6 Å². The molecule has 3 rings (SSSR count). The number of hydrogen-bond donors (Lipinski definition) is 1. The van der Waals surface area contributed by atoms with Gasteiger partial charge < -0.3 is 14.8 Å². The molecule has 0 unspecified atom stereocenters. The van der Waals surface area contributed by atoms with Crippen molar-refractivity contribution in [1.82, 2.24) is 4.98 Å². The number of carbonyl (C=O) groups excluding carboxylic acids is 2. The number of fused-ring (bicyclic) bond motifs is 1. The van der Waals surface area contributed by atoms with Crippen LogP contribution >= 0.6 is 0 Å². The molecule has 2 aromatic carbocycles. The fourth-order valence-electron chi connectivity index (χ4n) is 2.82. The van der Waals surface area contributed by atoms with Crippen LogP contribution in [0.3, 0.4) is 0 Å². The summed E-state index contributed by atoms with van der Waals surface area (Å²) >= 11 is 0. The maximum atomic E-state index is 12.1. The monoisotopic (exact) mass is 421 g/mol. The number of carbonyl (C=O) groups is 2. The van der Waals surface area contributed by atoms with Gasteiger partial charge >= 0.3 is 5.97 Å². The fraction of sp³-hybridized carbons (Fsp3) is 0.136. The zero-order valence-electron chi connectivity index (χ0n) is 16.6. The Morgan fingerprint density at radius 2 is 2.00 bits per heavy atom. The van der Waals surface area contributed by atoms with Crippen LogP contribution in [0.2, 0.25) is 0 Å². The van der Waals surface area contributed by atoms with Gasteiger partial charge in [0.1, 0.15) is 11.4 Å². The molecular formula is C22H19N3O6. The Balaban J connectivity index is 1.60. The van der Waals surface area contributed by atoms with E-state index in [0.717, 1.165) is 16.5 Å². The van der Waals surface area contributed by atoms with E-state index in [-0.39, 0.29) is 11.4 Å². The Morgan fingerprint density at radius 1 is 1.19 bits per heavy atom. The quantitative estimate of drug-likeness (QED) is 0.254. The number of benzene rings is 2. The molecule has 0 saturated carbocycles. The van der Waals surface area contributed by atoms with E-state index >= 15 is 0 Å². The van der Waals surface area contributed by atoms with Crippen LogP contribution in [0.4, 0.5) is 11.4 Å². The van der Waals surface area contributed by atoms with Gasteiger partial charge in [0.05, 0.1) is 23.1 Å². The van der Waals surface area contributed by atoms with Gasteiger partial charge in [-0.25, -0.2) is 4.79 Å². The lowest BCUT2D eigenvalue weighted by Crippen LogP contribution is -2.20. The molecule has 0 spiro atoms. The van der Waals surface area contributed by atoms with Crippen LogP contribution < -0.4 is 10.1 Å². The smallest absolute Gasteiger partial charge is 0.331 e. The van der Waals surface area contributed by atoms with Crippen molar-refractivity contribution in [1.29, 1.82) is 0 Å². The van der Waals surface area contributed by atoms with Gasteiger partial charge in [-0.1, -0.05) is 24.3 Å². The van der Waals surface area contributed by atoms with E-state index in [2.05, 4.69) is 10.3 Å². The minimum absolute atomic E-state index is 0.0214. The molecular weight excluding hydrogens is 402 g/mol. The third-order valence-electron chi connectivity index (χ3n) is 4.16. The minimum atomic E-state index is -0.732. The Morgan fingerprint density at radius 3 is 2.77 bits per heavy atom. The van der Waals surface area contributed by atoms with Gasteiger partial charge in [-0.05, 0) is 31.2 Å². The number of rotatable bonds is 8. The topological polar surface area (TPSA) is 121 Å². The molecule has 1 N–H and O–H groups in total. The summed E-state index contributed by atoms with van der Waals surface area (Å²) in [5.74, 6) is -1.13. The highest BCUT2D eigenvalue weighted by molar-refractivity contribution is 5.97. The molecule has 1 amide bonds. The minimum Gasteiger partial charge on any atom is -0.494 e. The van der Waals surface area contributed by atoms with Gasteiger partial charge in [0.15, 0.2) is 6.61 Å². The van der Waals surface area contributed by atoms with Crippen LogP contribution in [0.15, 0.2) is 60.8 Å². The number of aromatic nitrogens is 1. The number of nitrogens with zero attached hydrogens (tertiary/aromatic N) is 2. The molecule has 0 fully saturated rings. The van der Waals surface area contributed by atoms with Crippen molar-refractivity contribution in [3.63, 3.8) is 0 Å². The summed E-state index contributed by atoms with van der Waals surface area (Å²) in [5, 5.41) is 14.5. The summed E-state index contributed by atoms with van der Waals surface area (Å²) in [4.78, 5) is 38.9. The zero-order valence-corrected chi connectivity index (χ0v) is 16.6. The molecule has 3 aromatic rings. The number of esters is 1. The summed E-state index contributed by atoms with van der Waals surface area (Å²) in [7, 11) is 0. The van der Waals surface area contributed by atoms with Crippen molar-refractivity contribution in [2.75, 3.05) is 18.5 Å². The molecule has 0 aliphatic carbocycles. The van der Waals surface area contributed by atoms with Crippen LogP contribution in [0, 0.1) is 10.1 Å². The third-order valence-corrected chi connectivity index (χ3v) is 4.16. The average molecular weight is 421 g/mol. The highest BCUT2D eigenvalue weighted by atomic mass is 16.6. The molecule has 0 aliphatic rings. The summed E-state index contributed by atoms with van der Waals surface area (Å²) in [6.45, 7) is 1.50. The number of amides is 1. The number of nitro benzene ring substituents is 1. The molecule has 158 valence electrons. The van der Waals surface area contributed by atoms with Crippen molar-refractivity contribution < 1.29 is 24.0 Å². The summed E-state index contributed by atoms with van der Waals surface area (Å²) in [6, 6.07) is 13.3. The predicted molar refractivity (Wildman–Crippen MR) is 115 cm³/mol. The number of anilines is 1. The highest BCUT2D eigenvalue weighted by Gasteiger charge is 2.18. The number of para-hydroxylation sites is 1. The van der Waals surface area contributed by atoms with E-state index in [4.69, 9.17) is 9.47 Å². The van der Waals surface area contributed by atoms with Gasteiger partial charge in [-0.15, -0.1) is 0 Å². The van der Waals surface area contributed by atoms with Crippen molar-refractivity contribution in [2.24, 2.45) is 0 Å². The van der Waals surface area contributed by atoms with E-state index in [1.807, 2.05) is 24.3 Å². The van der Waals surface area contributed by atoms with Crippen molar-refractivity contribution in [3.8, 4) is 5.75 Å². The van der Waals surface area contributed by atoms with Gasteiger partial charge in [0, 0.05) is 23.2 Å². The standard InChI is InChI=1S/C22H19N3O6/c1-2-30-17-9-10-18(19(13-17)25(28)29)24-20(26)14-31-21(27)11-8-16-6-3-5-15-7-4-12-23-22(15)16/h3-13H,2,14H2,1H3,(H,24,26)/b11-8+. The van der Waals surface area contributed by atoms with E-state index < -0.39 is 23.4 Å². The number of hydrogen-bond acceptors (Lipinski definition) is 7. The first-order chi connectivity index (χ1) is 15.0. The maximum Gasteiger partial charge on any atom is 0.331 e. The summed E-state index contributed by atoms with van der Waals surface area (Å²) < 4.78 is 10.1. The normalized spacial score (nSPS) is 10.7. The largest absolute Gasteiger partial charge is 0.494 e. The van der Waals surface area contributed by atoms with Crippen LogP contribution in [-0.2, 0) is 14.3 Å². The van der Waals surface area contributed by atoms with Gasteiger partial charge in [0.2, 0.25) is 0 Å². The van der Waals surface area contributed by atoms with E-state index in [0.29, 0.717) is 12.4 Å². The lowest BCUT2D eigenvalue weighted by atomic mass is 10.1. The second kappa shape index (κ2) is 9.97. The number of nitro groups is 1. The molecule has 0 bridgehead atoms. The molecule has 1 aromatic heterocycles. The molecule has 0 radical (unpaired) electrons. The zero-order chi connectivity index (χ0) is 22.2. The van der Waals surface area contributed by atoms with Crippen molar-refractivity contribution in [3.05, 3.63) is 76.5 Å². The molecule has 31 heavy (non-hydrogen) atoms. The first kappa shape index (κ1) is 21.4. The highest BCUT2D eigenvalue weighted by Crippen LogP contribution is 2.29. The SMILES string of the molecule is CCOc1ccc(NC(=O)COC(=O)/C=C/c2cccc3cccnc23)c([N+](=O)[O-])c1. The van der Waals surface area contributed by atoms with Crippen LogP contribution in [0.5, 0.6) is 5.75 Å². The van der Waals surface area contributed by atoms with Gasteiger partial charge in [-0.3, -0.25) is 19.9 Å². The predicted octanol–water partition coefficient (Wildman–Crippen LogP) is 3.74. The lowest BCUT2D eigenvalue weighted by Gasteiger charge is -2.08. The first-order valence-corrected chi connectivity index (χ1v) is 9.37. The molecule has 0 atom stereocenters. The third kappa shape index (κ3) is 5.63. The van der Waals surface area contributed by atoms with Gasteiger partial charge in [-0.2, -0.15) is 0 Å². The number of ether oxygens (including phenoxy) is 2. The fourth-order valence-corrected chi connectivity index (χ4v) is 2.82. The van der Waals surface area contributed by atoms with Crippen LogP contribution in [0.25, 0.3) is 17.0 Å². The lowest BCUT2D eigenvalue weighted by molar-refractivity contribution is -0.384. The summed E-state index contributed by atoms with van der Waals surface area (Å²) in [6.07, 6.45) is 4.39. The van der Waals surface area contributed by atoms with Crippen molar-refractivity contribution in [2.45, 2.75) is 6.92 Å². The van der Waals surface area contributed by atoms with Crippen LogP contribution in [-0.4, -0.2) is 35.0 Å². The number of pyridine rings is 1. The maximum absolute atomic E-state index is 12.1. The summed E-state index contributed by atoms with van der Waals surface area (Å²) in [5.41, 5.74) is 1.11. The molecule has 9 nitrogen and oxygen atoms in total. The molecule has 1 heterocycles. The molecule has 0 saturated heterocycles. The van der Waals surface area contributed by atoms with E-state index in [1.54, 1.807) is 25.3 Å². The number of nitrogens with one attached hydrogen (secondary N) is 1. The second-order valence-electron chi connectivity index (χ2n) is 6.28. The second-order valence-corrected chi connectivity index (χ2v) is 6.28. The Hall–Kier alpha value is -4.27. The van der Waals surface area contributed by atoms with E-state index in [9.17, 15) is 19.7 Å². The molecule has 0 aliphatic heterocycles. The Kier molecular flexibility index (Phi) is 6.89.